The van der Waals surface area contributed by atoms with Crippen LogP contribution in [0.15, 0.2) is 59.6 Å². The maximum atomic E-state index is 12.3. The van der Waals surface area contributed by atoms with E-state index in [0.717, 1.165) is 11.3 Å². The van der Waals surface area contributed by atoms with E-state index in [9.17, 15) is 4.79 Å². The van der Waals surface area contributed by atoms with E-state index in [1.54, 1.807) is 27.1 Å². The Bertz CT molecular complexity index is 718. The molecule has 2 aromatic heterocycles. The lowest BCUT2D eigenvalue weighted by atomic mass is 10.1. The van der Waals surface area contributed by atoms with Crippen molar-refractivity contribution in [3.8, 4) is 5.69 Å². The van der Waals surface area contributed by atoms with Crippen molar-refractivity contribution in [1.29, 1.82) is 0 Å². The van der Waals surface area contributed by atoms with E-state index in [1.165, 1.54) is 5.56 Å². The van der Waals surface area contributed by atoms with Gasteiger partial charge in [-0.2, -0.15) is 16.4 Å². The Balaban J connectivity index is 1.61. The highest BCUT2D eigenvalue weighted by Crippen LogP contribution is 2.12. The summed E-state index contributed by atoms with van der Waals surface area (Å²) in [5.41, 5.74) is 3.18. The third-order valence-electron chi connectivity index (χ3n) is 3.49. The molecule has 0 fully saturated rings. The molecule has 4 nitrogen and oxygen atoms in total. The molecule has 112 valence electrons. The van der Waals surface area contributed by atoms with Gasteiger partial charge in [-0.3, -0.25) is 4.79 Å². The second-order valence-corrected chi connectivity index (χ2v) is 5.96. The van der Waals surface area contributed by atoms with Crippen LogP contribution in [0.3, 0.4) is 0 Å². The topological polar surface area (TPSA) is 38.1 Å². The molecule has 3 rings (SSSR count). The number of amides is 1. The van der Waals surface area contributed by atoms with Gasteiger partial charge in [-0.25, -0.2) is 4.68 Å². The number of hydrogen-bond donors (Lipinski definition) is 0. The van der Waals surface area contributed by atoms with Crippen LogP contribution in [0.25, 0.3) is 5.69 Å². The van der Waals surface area contributed by atoms with E-state index in [4.69, 9.17) is 0 Å². The van der Waals surface area contributed by atoms with Crippen LogP contribution in [-0.4, -0.2) is 27.6 Å². The van der Waals surface area contributed by atoms with Crippen LogP contribution in [-0.2, 0) is 17.8 Å². The number of benzene rings is 1. The molecule has 0 saturated heterocycles. The molecule has 5 heteroatoms. The molecule has 1 amide bonds. The maximum Gasteiger partial charge on any atom is 0.227 e. The van der Waals surface area contributed by atoms with Crippen molar-refractivity contribution in [2.24, 2.45) is 0 Å². The molecule has 0 saturated carbocycles. The zero-order valence-electron chi connectivity index (χ0n) is 12.3. The first kappa shape index (κ1) is 14.5. The fourth-order valence-electron chi connectivity index (χ4n) is 2.24. The fraction of sp³-hybridized carbons (Fsp3) is 0.176. The predicted octanol–water partition coefficient (Wildman–Crippen LogP) is 3.13. The largest absolute Gasteiger partial charge is 0.341 e. The Morgan fingerprint density at radius 1 is 1.23 bits per heavy atom. The number of thiophene rings is 1. The van der Waals surface area contributed by atoms with Gasteiger partial charge in [0.15, 0.2) is 0 Å². The van der Waals surface area contributed by atoms with E-state index in [2.05, 4.69) is 10.5 Å². The molecule has 0 aliphatic rings. The van der Waals surface area contributed by atoms with Crippen LogP contribution in [0, 0.1) is 0 Å². The lowest BCUT2D eigenvalue weighted by molar-refractivity contribution is -0.129. The van der Waals surface area contributed by atoms with Crippen LogP contribution in [0.2, 0.25) is 0 Å². The zero-order chi connectivity index (χ0) is 15.4. The van der Waals surface area contributed by atoms with E-state index in [0.29, 0.717) is 13.0 Å². The van der Waals surface area contributed by atoms with E-state index < -0.39 is 0 Å². The summed E-state index contributed by atoms with van der Waals surface area (Å²) in [6.45, 7) is 0.660. The summed E-state index contributed by atoms with van der Waals surface area (Å²) < 4.78 is 1.80. The van der Waals surface area contributed by atoms with Crippen molar-refractivity contribution in [2.75, 3.05) is 7.05 Å². The van der Waals surface area contributed by atoms with Gasteiger partial charge in [-0.05, 0) is 46.2 Å². The molecule has 1 aromatic carbocycles. The Labute approximate surface area is 133 Å². The van der Waals surface area contributed by atoms with Crippen molar-refractivity contribution in [3.05, 3.63) is 70.7 Å². The van der Waals surface area contributed by atoms with Gasteiger partial charge in [0.2, 0.25) is 5.91 Å². The van der Waals surface area contributed by atoms with Crippen molar-refractivity contribution in [3.63, 3.8) is 0 Å². The quantitative estimate of drug-likeness (QED) is 0.726. The van der Waals surface area contributed by atoms with Crippen LogP contribution in [0.1, 0.15) is 11.1 Å². The molecule has 0 atom stereocenters. The second kappa shape index (κ2) is 6.58. The number of likely N-dealkylation sites (N-methyl/N-ethyl adjacent to an activating group) is 1. The molecule has 0 aliphatic heterocycles. The summed E-state index contributed by atoms with van der Waals surface area (Å²) in [6, 6.07) is 11.9. The van der Waals surface area contributed by atoms with Gasteiger partial charge in [0, 0.05) is 26.0 Å². The lowest BCUT2D eigenvalue weighted by Gasteiger charge is -2.16. The van der Waals surface area contributed by atoms with Gasteiger partial charge < -0.3 is 4.90 Å². The Hall–Kier alpha value is -2.40. The minimum absolute atomic E-state index is 0.123. The van der Waals surface area contributed by atoms with Gasteiger partial charge >= 0.3 is 0 Å². The summed E-state index contributed by atoms with van der Waals surface area (Å²) in [5.74, 6) is 0.123. The van der Waals surface area contributed by atoms with Crippen molar-refractivity contribution < 1.29 is 4.79 Å². The summed E-state index contributed by atoms with van der Waals surface area (Å²) in [4.78, 5) is 14.0. The molecule has 0 bridgehead atoms. The lowest BCUT2D eigenvalue weighted by Crippen LogP contribution is -2.27. The van der Waals surface area contributed by atoms with Gasteiger partial charge in [-0.1, -0.05) is 12.1 Å². The van der Waals surface area contributed by atoms with Crippen molar-refractivity contribution in [2.45, 2.75) is 13.0 Å². The highest BCUT2D eigenvalue weighted by Gasteiger charge is 2.10. The third kappa shape index (κ3) is 3.43. The number of aromatic nitrogens is 2. The fourth-order valence-corrected chi connectivity index (χ4v) is 2.90. The summed E-state index contributed by atoms with van der Waals surface area (Å²) >= 11 is 1.65. The molecular weight excluding hydrogens is 294 g/mol. The average Bonchev–Trinajstić information content (AvgIpc) is 3.21. The maximum absolute atomic E-state index is 12.3. The monoisotopic (exact) mass is 311 g/mol. The summed E-state index contributed by atoms with van der Waals surface area (Å²) in [5, 5.41) is 8.29. The molecule has 22 heavy (non-hydrogen) atoms. The number of nitrogens with zero attached hydrogens (tertiary/aromatic N) is 3. The zero-order valence-corrected chi connectivity index (χ0v) is 13.2. The third-order valence-corrected chi connectivity index (χ3v) is 4.22. The van der Waals surface area contributed by atoms with Gasteiger partial charge in [-0.15, -0.1) is 0 Å². The second-order valence-electron chi connectivity index (χ2n) is 5.18. The number of hydrogen-bond acceptors (Lipinski definition) is 3. The van der Waals surface area contributed by atoms with Crippen LogP contribution in [0.4, 0.5) is 0 Å². The average molecular weight is 311 g/mol. The number of carbonyl (C=O) groups is 1. The standard InChI is InChI=1S/C17H17N3OS/c1-19(12-15-7-10-22-13-15)17(21)11-14-3-5-16(6-4-14)20-9-2-8-18-20/h2-10,13H,11-12H2,1H3. The highest BCUT2D eigenvalue weighted by atomic mass is 32.1. The van der Waals surface area contributed by atoms with Gasteiger partial charge in [0.05, 0.1) is 12.1 Å². The smallest absolute Gasteiger partial charge is 0.227 e. The molecule has 0 N–H and O–H groups in total. The highest BCUT2D eigenvalue weighted by molar-refractivity contribution is 7.07. The van der Waals surface area contributed by atoms with Gasteiger partial charge in [0.1, 0.15) is 0 Å². The van der Waals surface area contributed by atoms with E-state index in [-0.39, 0.29) is 5.91 Å². The summed E-state index contributed by atoms with van der Waals surface area (Å²) in [6.07, 6.45) is 4.06. The molecule has 3 aromatic rings. The van der Waals surface area contributed by atoms with Crippen LogP contribution >= 0.6 is 11.3 Å². The molecule has 2 heterocycles. The Kier molecular flexibility index (Phi) is 4.34. The molecule has 0 aliphatic carbocycles. The normalized spacial score (nSPS) is 10.6. The minimum atomic E-state index is 0.123. The first-order valence-corrected chi connectivity index (χ1v) is 8.00. The van der Waals surface area contributed by atoms with E-state index >= 15 is 0 Å². The molecule has 0 radical (unpaired) electrons. The van der Waals surface area contributed by atoms with E-state index in [1.807, 2.05) is 55.0 Å². The summed E-state index contributed by atoms with van der Waals surface area (Å²) in [7, 11) is 1.85. The van der Waals surface area contributed by atoms with Crippen molar-refractivity contribution in [1.82, 2.24) is 14.7 Å². The minimum Gasteiger partial charge on any atom is -0.341 e. The van der Waals surface area contributed by atoms with Crippen LogP contribution < -0.4 is 0 Å². The molecule has 0 unspecified atom stereocenters. The first-order valence-electron chi connectivity index (χ1n) is 7.06. The Morgan fingerprint density at radius 2 is 2.05 bits per heavy atom. The number of rotatable bonds is 5. The first-order chi connectivity index (χ1) is 10.7. The SMILES string of the molecule is CN(Cc1ccsc1)C(=O)Cc1ccc(-n2cccn2)cc1. The van der Waals surface area contributed by atoms with Crippen LogP contribution in [0.5, 0.6) is 0 Å². The Morgan fingerprint density at radius 3 is 2.68 bits per heavy atom. The molecular formula is C17H17N3OS. The predicted molar refractivity (Wildman–Crippen MR) is 88.1 cm³/mol. The number of carbonyl (C=O) groups excluding carboxylic acids is 1. The van der Waals surface area contributed by atoms with Crippen molar-refractivity contribution >= 4 is 17.2 Å². The molecule has 0 spiro atoms. The van der Waals surface area contributed by atoms with Gasteiger partial charge in [0.25, 0.3) is 0 Å².